The summed E-state index contributed by atoms with van der Waals surface area (Å²) in [5, 5.41) is 0. The van der Waals surface area contributed by atoms with E-state index < -0.39 is 0 Å². The number of rotatable bonds is 2. The first kappa shape index (κ1) is 18.0. The van der Waals surface area contributed by atoms with Crippen LogP contribution in [0.1, 0.15) is 56.4 Å². The molecule has 0 nitrogen and oxygen atoms in total. The summed E-state index contributed by atoms with van der Waals surface area (Å²) >= 11 is 0. The molecule has 2 aromatic carbocycles. The van der Waals surface area contributed by atoms with Crippen LogP contribution in [0, 0.1) is 19.3 Å². The highest BCUT2D eigenvalue weighted by Gasteiger charge is 2.10. The molecule has 0 heteroatoms. The van der Waals surface area contributed by atoms with E-state index in [0.717, 1.165) is 5.56 Å². The van der Waals surface area contributed by atoms with Crippen molar-refractivity contribution in [3.8, 4) is 12.3 Å². The number of aryl methyl sites for hydroxylation is 1. The minimum absolute atomic E-state index is 0. The second kappa shape index (κ2) is 8.99. The molecule has 0 bridgehead atoms. The van der Waals surface area contributed by atoms with Gasteiger partial charge in [0.1, 0.15) is 0 Å². The lowest BCUT2D eigenvalue weighted by Gasteiger charge is -2.15. The summed E-state index contributed by atoms with van der Waals surface area (Å²) in [7, 11) is 0. The zero-order chi connectivity index (χ0) is 14.3. The molecule has 1 unspecified atom stereocenters. The van der Waals surface area contributed by atoms with E-state index in [1.807, 2.05) is 26.0 Å². The Morgan fingerprint density at radius 1 is 1.00 bits per heavy atom. The Hall–Kier alpha value is -2.00. The molecule has 2 rings (SSSR count). The van der Waals surface area contributed by atoms with Crippen LogP contribution < -0.4 is 0 Å². The smallest absolute Gasteiger partial charge is 0.0245 e. The summed E-state index contributed by atoms with van der Waals surface area (Å²) < 4.78 is 0. The van der Waals surface area contributed by atoms with Crippen molar-refractivity contribution in [3.63, 3.8) is 0 Å². The van der Waals surface area contributed by atoms with Crippen LogP contribution in [0.25, 0.3) is 0 Å². The molecule has 0 saturated heterocycles. The first-order valence-corrected chi connectivity index (χ1v) is 6.84. The molecule has 0 fully saturated rings. The molecule has 0 N–H and O–H groups in total. The van der Waals surface area contributed by atoms with Crippen molar-refractivity contribution in [1.29, 1.82) is 0 Å². The fourth-order valence-electron chi connectivity index (χ4n) is 2.12. The van der Waals surface area contributed by atoms with Crippen molar-refractivity contribution in [2.45, 2.75) is 41.0 Å². The van der Waals surface area contributed by atoms with E-state index in [1.54, 1.807) is 0 Å². The van der Waals surface area contributed by atoms with Gasteiger partial charge in [0.15, 0.2) is 0 Å². The van der Waals surface area contributed by atoms with Gasteiger partial charge in [-0.15, -0.1) is 6.42 Å². The van der Waals surface area contributed by atoms with Gasteiger partial charge in [-0.25, -0.2) is 0 Å². The largest absolute Gasteiger partial charge is 0.115 e. The molecule has 0 saturated carbocycles. The minimum atomic E-state index is 0. The van der Waals surface area contributed by atoms with Gasteiger partial charge < -0.3 is 0 Å². The van der Waals surface area contributed by atoms with Crippen LogP contribution in [0.15, 0.2) is 48.5 Å². The number of terminal acetylenes is 1. The van der Waals surface area contributed by atoms with Gasteiger partial charge in [0.05, 0.1) is 0 Å². The molecule has 0 aliphatic heterocycles. The van der Waals surface area contributed by atoms with Crippen LogP contribution in [0.3, 0.4) is 0 Å². The first-order chi connectivity index (χ1) is 9.22. The van der Waals surface area contributed by atoms with E-state index in [-0.39, 0.29) is 7.43 Å². The summed E-state index contributed by atoms with van der Waals surface area (Å²) in [6.45, 7) is 8.35. The van der Waals surface area contributed by atoms with E-state index in [4.69, 9.17) is 6.42 Å². The van der Waals surface area contributed by atoms with Gasteiger partial charge >= 0.3 is 0 Å². The Kier molecular flexibility index (Phi) is 8.09. The number of benzene rings is 2. The molecule has 2 aromatic rings. The van der Waals surface area contributed by atoms with Gasteiger partial charge in [-0.05, 0) is 35.7 Å². The average molecular weight is 266 g/mol. The topological polar surface area (TPSA) is 0 Å². The second-order valence-electron chi connectivity index (χ2n) is 4.35. The number of hydrogen-bond donors (Lipinski definition) is 0. The summed E-state index contributed by atoms with van der Waals surface area (Å²) in [5.74, 6) is 3.08. The van der Waals surface area contributed by atoms with E-state index >= 15 is 0 Å². The van der Waals surface area contributed by atoms with Gasteiger partial charge in [-0.3, -0.25) is 0 Å². The van der Waals surface area contributed by atoms with Crippen molar-refractivity contribution in [1.82, 2.24) is 0 Å². The molecule has 0 aliphatic carbocycles. The van der Waals surface area contributed by atoms with Gasteiger partial charge in [0, 0.05) is 11.5 Å². The van der Waals surface area contributed by atoms with Gasteiger partial charge in [-0.1, -0.05) is 70.5 Å². The maximum Gasteiger partial charge on any atom is 0.0245 e. The molecule has 20 heavy (non-hydrogen) atoms. The highest BCUT2D eigenvalue weighted by molar-refractivity contribution is 5.44. The molecule has 0 spiro atoms. The predicted molar refractivity (Wildman–Crippen MR) is 91.2 cm³/mol. The summed E-state index contributed by atoms with van der Waals surface area (Å²) in [6, 6.07) is 16.7. The van der Waals surface area contributed by atoms with E-state index in [9.17, 15) is 0 Å². The fourth-order valence-corrected chi connectivity index (χ4v) is 2.12. The first-order valence-electron chi connectivity index (χ1n) is 6.84. The lowest BCUT2D eigenvalue weighted by molar-refractivity contribution is 0.909. The monoisotopic (exact) mass is 266 g/mol. The Balaban J connectivity index is 0.00000115. The van der Waals surface area contributed by atoms with E-state index in [0.29, 0.717) is 5.92 Å². The maximum atomic E-state index is 5.46. The highest BCUT2D eigenvalue weighted by Crippen LogP contribution is 2.27. The van der Waals surface area contributed by atoms with Crippen LogP contribution in [0.5, 0.6) is 0 Å². The molecule has 106 valence electrons. The summed E-state index contributed by atoms with van der Waals surface area (Å²) in [5.41, 5.74) is 4.88. The molecule has 1 atom stereocenters. The van der Waals surface area contributed by atoms with Crippen LogP contribution in [-0.4, -0.2) is 0 Å². The van der Waals surface area contributed by atoms with Gasteiger partial charge in [0.2, 0.25) is 0 Å². The van der Waals surface area contributed by atoms with Crippen LogP contribution in [0.2, 0.25) is 0 Å². The quantitative estimate of drug-likeness (QED) is 0.603. The lowest BCUT2D eigenvalue weighted by atomic mass is 9.89. The van der Waals surface area contributed by atoms with Gasteiger partial charge in [0.25, 0.3) is 0 Å². The fraction of sp³-hybridized carbons (Fsp3) is 0.300. The molecular formula is C20H26. The Morgan fingerprint density at radius 3 is 2.15 bits per heavy atom. The SMILES string of the molecule is C.C#Cc1ccc(C)c(C(C)c2ccccc2)c1.CC. The highest BCUT2D eigenvalue weighted by atomic mass is 14.1. The third kappa shape index (κ3) is 4.28. The lowest BCUT2D eigenvalue weighted by Crippen LogP contribution is -1.99. The van der Waals surface area contributed by atoms with Crippen molar-refractivity contribution < 1.29 is 0 Å². The normalized spacial score (nSPS) is 10.3. The van der Waals surface area contributed by atoms with Crippen LogP contribution in [0.4, 0.5) is 0 Å². The van der Waals surface area contributed by atoms with E-state index in [1.165, 1.54) is 16.7 Å². The summed E-state index contributed by atoms with van der Waals surface area (Å²) in [4.78, 5) is 0. The molecule has 0 heterocycles. The third-order valence-corrected chi connectivity index (χ3v) is 3.21. The third-order valence-electron chi connectivity index (χ3n) is 3.21. The minimum Gasteiger partial charge on any atom is -0.115 e. The summed E-state index contributed by atoms with van der Waals surface area (Å²) in [6.07, 6.45) is 5.46. The molecule has 0 radical (unpaired) electrons. The van der Waals surface area contributed by atoms with Crippen LogP contribution >= 0.6 is 0 Å². The maximum absolute atomic E-state index is 5.46. The second-order valence-corrected chi connectivity index (χ2v) is 4.35. The van der Waals surface area contributed by atoms with Crippen LogP contribution in [-0.2, 0) is 0 Å². The number of hydrogen-bond acceptors (Lipinski definition) is 0. The van der Waals surface area contributed by atoms with Crippen molar-refractivity contribution in [2.24, 2.45) is 0 Å². The predicted octanol–water partition coefficient (Wildman–Crippen LogP) is 5.79. The molecule has 0 amide bonds. The van der Waals surface area contributed by atoms with E-state index in [2.05, 4.69) is 56.2 Å². The van der Waals surface area contributed by atoms with Gasteiger partial charge in [-0.2, -0.15) is 0 Å². The Bertz CT molecular complexity index is 544. The zero-order valence-corrected chi connectivity index (χ0v) is 12.3. The van der Waals surface area contributed by atoms with Crippen molar-refractivity contribution in [3.05, 3.63) is 70.8 Å². The van der Waals surface area contributed by atoms with Crippen molar-refractivity contribution in [2.75, 3.05) is 0 Å². The molecular weight excluding hydrogens is 240 g/mol. The molecule has 0 aromatic heterocycles. The average Bonchev–Trinajstić information content (AvgIpc) is 2.50. The molecule has 0 aliphatic rings. The Morgan fingerprint density at radius 2 is 1.60 bits per heavy atom. The zero-order valence-electron chi connectivity index (χ0n) is 12.3. The standard InChI is InChI=1S/C17H16.C2H6.CH4/c1-4-15-11-10-13(2)17(12-15)14(3)16-8-6-5-7-9-16;1-2;/h1,5-12,14H,2-3H3;1-2H3;1H4. The Labute approximate surface area is 124 Å². The van der Waals surface area contributed by atoms with Crippen molar-refractivity contribution >= 4 is 0 Å².